The molecule has 0 fully saturated rings. The van der Waals surface area contributed by atoms with E-state index in [1.165, 1.54) is 0 Å². The molecule has 2 heterocycles. The summed E-state index contributed by atoms with van der Waals surface area (Å²) in [6.45, 7) is 0. The lowest BCUT2D eigenvalue weighted by atomic mass is 10.0. The van der Waals surface area contributed by atoms with Crippen LogP contribution in [-0.2, 0) is 27.2 Å². The summed E-state index contributed by atoms with van der Waals surface area (Å²) in [6.07, 6.45) is 1.30. The molecule has 0 saturated carbocycles. The number of rotatable bonds is 12. The van der Waals surface area contributed by atoms with Gasteiger partial charge in [-0.3, -0.25) is 9.59 Å². The molecule has 0 spiro atoms. The van der Waals surface area contributed by atoms with Crippen molar-refractivity contribution >= 4 is 91.2 Å². The lowest BCUT2D eigenvalue weighted by Crippen LogP contribution is -2.19. The summed E-state index contributed by atoms with van der Waals surface area (Å²) in [5.41, 5.74) is 3.86. The Hall–Kier alpha value is -4.77. The van der Waals surface area contributed by atoms with Crippen LogP contribution in [0.3, 0.4) is 0 Å². The predicted molar refractivity (Wildman–Crippen MR) is 211 cm³/mol. The van der Waals surface area contributed by atoms with E-state index in [-0.39, 0.29) is 45.8 Å². The Bertz CT molecular complexity index is 2220. The van der Waals surface area contributed by atoms with E-state index in [9.17, 15) is 19.2 Å². The molecule has 7 nitrogen and oxygen atoms in total. The highest BCUT2D eigenvalue weighted by Crippen LogP contribution is 2.40. The second kappa shape index (κ2) is 17.2. The summed E-state index contributed by atoms with van der Waals surface area (Å²) in [6, 6.07) is 30.7. The molecular formula is C40H29Cl3N2O5S2. The molecule has 12 heteroatoms. The number of ether oxygens (including phenoxy) is 1. The number of amides is 2. The van der Waals surface area contributed by atoms with Crippen molar-refractivity contribution in [2.75, 3.05) is 10.6 Å². The van der Waals surface area contributed by atoms with Gasteiger partial charge in [-0.1, -0.05) is 108 Å². The number of aryl methyl sites for hydroxylation is 2. The van der Waals surface area contributed by atoms with Crippen molar-refractivity contribution in [3.63, 3.8) is 0 Å². The first-order valence-corrected chi connectivity index (χ1v) is 18.9. The first kappa shape index (κ1) is 37.0. The minimum absolute atomic E-state index is 0.00441. The first-order valence-electron chi connectivity index (χ1n) is 16.0. The van der Waals surface area contributed by atoms with E-state index in [0.29, 0.717) is 50.2 Å². The molecule has 0 radical (unpaired) electrons. The third-order valence-electron chi connectivity index (χ3n) is 7.98. The molecule has 0 saturated heterocycles. The lowest BCUT2D eigenvalue weighted by Gasteiger charge is -2.12. The van der Waals surface area contributed by atoms with Gasteiger partial charge in [0.25, 0.3) is 0 Å². The van der Waals surface area contributed by atoms with Crippen LogP contribution in [0.5, 0.6) is 0 Å². The number of hydrogen-bond donors (Lipinski definition) is 2. The Labute approximate surface area is 323 Å². The van der Waals surface area contributed by atoms with Crippen LogP contribution in [0.15, 0.2) is 114 Å². The molecule has 4 aromatic carbocycles. The molecule has 0 aliphatic carbocycles. The van der Waals surface area contributed by atoms with Gasteiger partial charge in [0.15, 0.2) is 0 Å². The van der Waals surface area contributed by atoms with Gasteiger partial charge < -0.3 is 15.4 Å². The number of carbonyl (C=O) groups is 4. The third-order valence-corrected chi connectivity index (χ3v) is 10.5. The summed E-state index contributed by atoms with van der Waals surface area (Å²) >= 11 is 21.0. The molecule has 0 bridgehead atoms. The standard InChI is InChI=1S/C40H29Cl3N2O5S2/c41-28-15-13-26(14-16-28)31-22-51-37(44-33(46)17-11-24-7-3-1-4-8-24)35(31)39(48)50-40(49)36-32(27-19-29(42)21-30(43)20-27)23-52-38(36)45-34(47)18-12-25-9-5-2-6-10-25/h1-10,13-16,19-23H,11-12,17-18H2,(H,44,46)(H,45,47). The second-order valence-corrected chi connectivity index (χ2v) is 14.7. The summed E-state index contributed by atoms with van der Waals surface area (Å²) in [7, 11) is 0. The second-order valence-electron chi connectivity index (χ2n) is 11.6. The maximum atomic E-state index is 14.1. The van der Waals surface area contributed by atoms with E-state index in [0.717, 1.165) is 33.8 Å². The summed E-state index contributed by atoms with van der Waals surface area (Å²) < 4.78 is 5.59. The van der Waals surface area contributed by atoms with Gasteiger partial charge in [0, 0.05) is 49.8 Å². The molecule has 52 heavy (non-hydrogen) atoms. The largest absolute Gasteiger partial charge is 0.386 e. The number of hydrogen-bond acceptors (Lipinski definition) is 7. The van der Waals surface area contributed by atoms with Crippen LogP contribution in [0, 0.1) is 0 Å². The normalized spacial score (nSPS) is 10.8. The monoisotopic (exact) mass is 786 g/mol. The van der Waals surface area contributed by atoms with Crippen LogP contribution < -0.4 is 10.6 Å². The molecule has 0 aliphatic rings. The van der Waals surface area contributed by atoms with Gasteiger partial charge >= 0.3 is 11.9 Å². The van der Waals surface area contributed by atoms with Crippen molar-refractivity contribution in [2.45, 2.75) is 25.7 Å². The van der Waals surface area contributed by atoms with Gasteiger partial charge in [-0.2, -0.15) is 0 Å². The van der Waals surface area contributed by atoms with E-state index in [4.69, 9.17) is 39.5 Å². The number of thiophene rings is 2. The molecule has 2 N–H and O–H groups in total. The van der Waals surface area contributed by atoms with Crippen molar-refractivity contribution in [2.24, 2.45) is 0 Å². The molecule has 0 unspecified atom stereocenters. The Morgan fingerprint density at radius 1 is 0.538 bits per heavy atom. The maximum Gasteiger partial charge on any atom is 0.349 e. The number of nitrogens with one attached hydrogen (secondary N) is 2. The number of benzene rings is 4. The average molecular weight is 788 g/mol. The summed E-state index contributed by atoms with van der Waals surface area (Å²) in [4.78, 5) is 54.4. The number of anilines is 2. The predicted octanol–water partition coefficient (Wildman–Crippen LogP) is 11.2. The van der Waals surface area contributed by atoms with Crippen molar-refractivity contribution in [1.82, 2.24) is 0 Å². The third kappa shape index (κ3) is 9.36. The minimum atomic E-state index is -1.01. The van der Waals surface area contributed by atoms with Crippen LogP contribution in [-0.4, -0.2) is 23.8 Å². The summed E-state index contributed by atoms with van der Waals surface area (Å²) in [5, 5.41) is 10.6. The molecule has 2 aromatic heterocycles. The van der Waals surface area contributed by atoms with Crippen molar-refractivity contribution in [3.05, 3.63) is 151 Å². The minimum Gasteiger partial charge on any atom is -0.386 e. The average Bonchev–Trinajstić information content (AvgIpc) is 3.75. The Morgan fingerprint density at radius 2 is 0.981 bits per heavy atom. The van der Waals surface area contributed by atoms with Gasteiger partial charge in [0.2, 0.25) is 11.8 Å². The molecule has 0 aliphatic heterocycles. The fourth-order valence-corrected chi connectivity index (χ4v) is 8.04. The Morgan fingerprint density at radius 3 is 1.44 bits per heavy atom. The van der Waals surface area contributed by atoms with Crippen LogP contribution >= 0.6 is 57.5 Å². The fourth-order valence-electron chi connectivity index (χ4n) is 5.44. The van der Waals surface area contributed by atoms with Gasteiger partial charge in [0.1, 0.15) is 21.1 Å². The molecule has 262 valence electrons. The van der Waals surface area contributed by atoms with Gasteiger partial charge in [0.05, 0.1) is 0 Å². The van der Waals surface area contributed by atoms with Crippen LogP contribution in [0.2, 0.25) is 15.1 Å². The SMILES string of the molecule is O=C(CCc1ccccc1)Nc1scc(-c2ccc(Cl)cc2)c1C(=O)OC(=O)c1c(-c2cc(Cl)cc(Cl)c2)csc1NC(=O)CCc1ccccc1. The Balaban J connectivity index is 1.30. The fraction of sp³-hybridized carbons (Fsp3) is 0.100. The van der Waals surface area contributed by atoms with Crippen molar-refractivity contribution in [3.8, 4) is 22.3 Å². The smallest absolute Gasteiger partial charge is 0.349 e. The molecule has 2 amide bonds. The highest BCUT2D eigenvalue weighted by molar-refractivity contribution is 7.15. The number of esters is 2. The van der Waals surface area contributed by atoms with E-state index < -0.39 is 11.9 Å². The first-order chi connectivity index (χ1) is 25.1. The van der Waals surface area contributed by atoms with Crippen LogP contribution in [0.4, 0.5) is 10.0 Å². The van der Waals surface area contributed by atoms with E-state index in [1.807, 2.05) is 60.7 Å². The topological polar surface area (TPSA) is 102 Å². The van der Waals surface area contributed by atoms with Gasteiger partial charge in [-0.25, -0.2) is 9.59 Å². The van der Waals surface area contributed by atoms with Gasteiger partial charge in [-0.15, -0.1) is 22.7 Å². The van der Waals surface area contributed by atoms with E-state index >= 15 is 0 Å². The Kier molecular flexibility index (Phi) is 12.2. The zero-order valence-corrected chi connectivity index (χ0v) is 31.2. The maximum absolute atomic E-state index is 14.1. The van der Waals surface area contributed by atoms with Crippen LogP contribution in [0.25, 0.3) is 22.3 Å². The quantitative estimate of drug-likeness (QED) is 0.0950. The summed E-state index contributed by atoms with van der Waals surface area (Å²) in [5.74, 6) is -2.64. The lowest BCUT2D eigenvalue weighted by molar-refractivity contribution is -0.117. The van der Waals surface area contributed by atoms with Crippen molar-refractivity contribution < 1.29 is 23.9 Å². The molecule has 0 atom stereocenters. The number of carbonyl (C=O) groups excluding carboxylic acids is 4. The van der Waals surface area contributed by atoms with Crippen LogP contribution in [0.1, 0.15) is 44.7 Å². The zero-order valence-electron chi connectivity index (χ0n) is 27.3. The molecular weight excluding hydrogens is 759 g/mol. The highest BCUT2D eigenvalue weighted by Gasteiger charge is 2.29. The zero-order chi connectivity index (χ0) is 36.6. The van der Waals surface area contributed by atoms with Crippen molar-refractivity contribution in [1.29, 1.82) is 0 Å². The molecule has 6 aromatic rings. The highest BCUT2D eigenvalue weighted by atomic mass is 35.5. The van der Waals surface area contributed by atoms with E-state index in [1.54, 1.807) is 53.2 Å². The van der Waals surface area contributed by atoms with E-state index in [2.05, 4.69) is 10.6 Å². The van der Waals surface area contributed by atoms with Gasteiger partial charge in [-0.05, 0) is 65.4 Å². The molecule has 6 rings (SSSR count). The number of halogens is 3.